The number of esters is 1. The molecule has 3 nitrogen and oxygen atoms in total. The first-order valence-electron chi connectivity index (χ1n) is 4.91. The van der Waals surface area contributed by atoms with Crippen LogP contribution in [0.1, 0.15) is 20.8 Å². The second kappa shape index (κ2) is 5.03. The standard InChI is InChI=1S/C10H19O3S/c1-10(2,3)13-9(11)8-14-6-4-12-5-7-14/h4-8H2,1-3H3/q+1. The molecule has 0 atom stereocenters. The molecule has 0 amide bonds. The first-order valence-corrected chi connectivity index (χ1v) is 6.64. The van der Waals surface area contributed by atoms with Crippen LogP contribution in [0.3, 0.4) is 0 Å². The molecule has 14 heavy (non-hydrogen) atoms. The van der Waals surface area contributed by atoms with Gasteiger partial charge in [-0.15, -0.1) is 0 Å². The van der Waals surface area contributed by atoms with Crippen molar-refractivity contribution < 1.29 is 14.3 Å². The van der Waals surface area contributed by atoms with Crippen LogP contribution in [-0.4, -0.2) is 42.0 Å². The molecule has 0 saturated carbocycles. The molecule has 1 aliphatic rings. The largest absolute Gasteiger partial charge is 0.456 e. The van der Waals surface area contributed by atoms with E-state index in [1.807, 2.05) is 20.8 Å². The number of hydrogen-bond acceptors (Lipinski definition) is 3. The smallest absolute Gasteiger partial charge is 0.356 e. The fourth-order valence-corrected chi connectivity index (χ4v) is 2.83. The number of rotatable bonds is 2. The van der Waals surface area contributed by atoms with Gasteiger partial charge in [0.05, 0.1) is 13.2 Å². The molecular weight excluding hydrogens is 200 g/mol. The van der Waals surface area contributed by atoms with E-state index in [0.717, 1.165) is 24.7 Å². The lowest BCUT2D eigenvalue weighted by Crippen LogP contribution is -2.34. The second-order valence-electron chi connectivity index (χ2n) is 4.36. The molecule has 1 fully saturated rings. The van der Waals surface area contributed by atoms with Crippen molar-refractivity contribution in [1.29, 1.82) is 0 Å². The highest BCUT2D eigenvalue weighted by Crippen LogP contribution is 2.10. The third-order valence-electron chi connectivity index (χ3n) is 1.77. The molecule has 0 spiro atoms. The van der Waals surface area contributed by atoms with Gasteiger partial charge in [-0.1, -0.05) is 0 Å². The quantitative estimate of drug-likeness (QED) is 0.513. The van der Waals surface area contributed by atoms with Gasteiger partial charge in [0.1, 0.15) is 17.1 Å². The van der Waals surface area contributed by atoms with Crippen LogP contribution in [0.2, 0.25) is 0 Å². The molecule has 1 heterocycles. The molecule has 4 heteroatoms. The predicted molar refractivity (Wildman–Crippen MR) is 58.6 cm³/mol. The molecule has 0 aliphatic carbocycles. The summed E-state index contributed by atoms with van der Waals surface area (Å²) in [5, 5.41) is 0. The topological polar surface area (TPSA) is 35.5 Å². The Balaban J connectivity index is 2.25. The predicted octanol–water partition coefficient (Wildman–Crippen LogP) is 0.977. The minimum Gasteiger partial charge on any atom is -0.456 e. The van der Waals surface area contributed by atoms with Crippen LogP contribution < -0.4 is 0 Å². The summed E-state index contributed by atoms with van der Waals surface area (Å²) >= 11 is 0. The maximum atomic E-state index is 11.5. The Morgan fingerprint density at radius 2 is 1.93 bits per heavy atom. The summed E-state index contributed by atoms with van der Waals surface area (Å²) in [6.45, 7) is 7.30. The number of hydrogen-bond donors (Lipinski definition) is 0. The highest BCUT2D eigenvalue weighted by Gasteiger charge is 2.28. The van der Waals surface area contributed by atoms with Gasteiger partial charge in [0.2, 0.25) is 5.75 Å². The fraction of sp³-hybridized carbons (Fsp3) is 0.900. The molecule has 1 rings (SSSR count). The van der Waals surface area contributed by atoms with E-state index in [1.54, 1.807) is 0 Å². The van der Waals surface area contributed by atoms with Crippen LogP contribution in [-0.2, 0) is 25.2 Å². The first-order chi connectivity index (χ1) is 6.47. The van der Waals surface area contributed by atoms with Crippen molar-refractivity contribution in [3.8, 4) is 0 Å². The van der Waals surface area contributed by atoms with E-state index >= 15 is 0 Å². The van der Waals surface area contributed by atoms with Gasteiger partial charge in [-0.3, -0.25) is 0 Å². The van der Waals surface area contributed by atoms with E-state index in [1.165, 1.54) is 0 Å². The molecule has 82 valence electrons. The zero-order valence-electron chi connectivity index (χ0n) is 9.17. The van der Waals surface area contributed by atoms with Crippen LogP contribution in [0, 0.1) is 0 Å². The van der Waals surface area contributed by atoms with Crippen LogP contribution in [0.25, 0.3) is 0 Å². The van der Waals surface area contributed by atoms with E-state index in [4.69, 9.17) is 9.47 Å². The van der Waals surface area contributed by atoms with Crippen molar-refractivity contribution in [3.63, 3.8) is 0 Å². The maximum Gasteiger partial charge on any atom is 0.356 e. The molecule has 0 aromatic rings. The second-order valence-corrected chi connectivity index (χ2v) is 6.69. The van der Waals surface area contributed by atoms with Crippen molar-refractivity contribution in [2.75, 3.05) is 30.5 Å². The summed E-state index contributed by atoms with van der Waals surface area (Å²) in [5.74, 6) is 2.53. The summed E-state index contributed by atoms with van der Waals surface area (Å²) in [5.41, 5.74) is -0.354. The van der Waals surface area contributed by atoms with E-state index in [9.17, 15) is 4.79 Å². The Labute approximate surface area is 88.5 Å². The summed E-state index contributed by atoms with van der Waals surface area (Å²) in [4.78, 5) is 11.5. The maximum absolute atomic E-state index is 11.5. The Hall–Kier alpha value is -0.220. The van der Waals surface area contributed by atoms with Crippen LogP contribution in [0.4, 0.5) is 0 Å². The fourth-order valence-electron chi connectivity index (χ4n) is 1.24. The highest BCUT2D eigenvalue weighted by atomic mass is 32.2. The highest BCUT2D eigenvalue weighted by molar-refractivity contribution is 7.97. The minimum absolute atomic E-state index is 0.0669. The number of carbonyl (C=O) groups excluding carboxylic acids is 1. The summed E-state index contributed by atoms with van der Waals surface area (Å²) in [7, 11) is 0.191. The van der Waals surface area contributed by atoms with Crippen molar-refractivity contribution in [1.82, 2.24) is 0 Å². The normalized spacial score (nSPS) is 19.4. The average molecular weight is 219 g/mol. The Morgan fingerprint density at radius 3 is 2.43 bits per heavy atom. The molecule has 1 aliphatic heterocycles. The van der Waals surface area contributed by atoms with E-state index in [2.05, 4.69) is 0 Å². The van der Waals surface area contributed by atoms with Crippen LogP contribution >= 0.6 is 0 Å². The lowest BCUT2D eigenvalue weighted by molar-refractivity contribution is -0.151. The molecule has 1 saturated heterocycles. The SMILES string of the molecule is CC(C)(C)OC(=O)C[S+]1CCOCC1. The molecule has 0 unspecified atom stereocenters. The zero-order chi connectivity index (χ0) is 10.6. The molecule has 0 bridgehead atoms. The number of ether oxygens (including phenoxy) is 2. The molecule has 0 radical (unpaired) electrons. The van der Waals surface area contributed by atoms with E-state index < -0.39 is 0 Å². The number of carbonyl (C=O) groups is 1. The van der Waals surface area contributed by atoms with Crippen LogP contribution in [0.5, 0.6) is 0 Å². The van der Waals surface area contributed by atoms with Gasteiger partial charge in [-0.25, -0.2) is 4.79 Å². The van der Waals surface area contributed by atoms with Gasteiger partial charge >= 0.3 is 5.97 Å². The van der Waals surface area contributed by atoms with E-state index in [-0.39, 0.29) is 22.5 Å². The van der Waals surface area contributed by atoms with Gasteiger partial charge in [-0.2, -0.15) is 0 Å². The van der Waals surface area contributed by atoms with Crippen molar-refractivity contribution in [3.05, 3.63) is 0 Å². The lowest BCUT2D eigenvalue weighted by atomic mass is 10.2. The molecule has 0 N–H and O–H groups in total. The van der Waals surface area contributed by atoms with Crippen LogP contribution in [0.15, 0.2) is 0 Å². The van der Waals surface area contributed by atoms with Crippen molar-refractivity contribution in [2.45, 2.75) is 26.4 Å². The lowest BCUT2D eigenvalue weighted by Gasteiger charge is -2.20. The average Bonchev–Trinajstić information content (AvgIpc) is 2.02. The summed E-state index contributed by atoms with van der Waals surface area (Å²) in [6, 6.07) is 0. The van der Waals surface area contributed by atoms with Gasteiger partial charge in [0.25, 0.3) is 0 Å². The third kappa shape index (κ3) is 4.86. The van der Waals surface area contributed by atoms with Gasteiger partial charge in [-0.05, 0) is 20.8 Å². The minimum atomic E-state index is -0.354. The third-order valence-corrected chi connectivity index (χ3v) is 3.91. The molecule has 0 aromatic carbocycles. The Bertz CT molecular complexity index is 192. The summed E-state index contributed by atoms with van der Waals surface area (Å²) in [6.07, 6.45) is 0. The zero-order valence-corrected chi connectivity index (χ0v) is 9.99. The first kappa shape index (κ1) is 11.9. The van der Waals surface area contributed by atoms with E-state index in [0.29, 0.717) is 5.75 Å². The summed E-state index contributed by atoms with van der Waals surface area (Å²) < 4.78 is 10.5. The van der Waals surface area contributed by atoms with Crippen molar-refractivity contribution >= 4 is 16.9 Å². The molecular formula is C10H19O3S+. The van der Waals surface area contributed by atoms with Gasteiger partial charge in [0, 0.05) is 10.9 Å². The van der Waals surface area contributed by atoms with Gasteiger partial charge < -0.3 is 9.47 Å². The Morgan fingerprint density at radius 1 is 1.36 bits per heavy atom. The van der Waals surface area contributed by atoms with Gasteiger partial charge in [0.15, 0.2) is 0 Å². The van der Waals surface area contributed by atoms with Crippen molar-refractivity contribution in [2.24, 2.45) is 0 Å². The Kier molecular flexibility index (Phi) is 4.26. The monoisotopic (exact) mass is 219 g/mol. The molecule has 0 aromatic heterocycles.